The Morgan fingerprint density at radius 1 is 1.21 bits per heavy atom. The summed E-state index contributed by atoms with van der Waals surface area (Å²) in [5.41, 5.74) is 4.07. The second kappa shape index (κ2) is 7.21. The molecule has 0 spiro atoms. The predicted octanol–water partition coefficient (Wildman–Crippen LogP) is 3.21. The topological polar surface area (TPSA) is 53.9 Å². The molecule has 3 nitrogen and oxygen atoms in total. The van der Waals surface area contributed by atoms with Crippen LogP contribution in [0.15, 0.2) is 12.1 Å². The molecule has 0 radical (unpaired) electrons. The maximum atomic E-state index is 12.2. The van der Waals surface area contributed by atoms with Crippen LogP contribution in [0.25, 0.3) is 0 Å². The lowest BCUT2D eigenvalue weighted by Crippen LogP contribution is -2.62. The summed E-state index contributed by atoms with van der Waals surface area (Å²) in [6.45, 7) is 0. The molecular formula is C13H15I3NO2+. The molecule has 1 fully saturated rings. The van der Waals surface area contributed by atoms with Crippen LogP contribution in [0.2, 0.25) is 0 Å². The largest absolute Gasteiger partial charge is 0.424 e. The van der Waals surface area contributed by atoms with Gasteiger partial charge in [-0.2, -0.15) is 0 Å². The normalized spacial score (nSPS) is 23.2. The van der Waals surface area contributed by atoms with Crippen molar-refractivity contribution in [3.63, 3.8) is 0 Å². The van der Waals surface area contributed by atoms with Gasteiger partial charge >= 0.3 is 5.97 Å². The number of ether oxygens (including phenoxy) is 1. The monoisotopic (exact) mass is 598 g/mol. The minimum absolute atomic E-state index is 0.0159. The van der Waals surface area contributed by atoms with Crippen LogP contribution in [-0.2, 0) is 4.79 Å². The van der Waals surface area contributed by atoms with E-state index in [1.54, 1.807) is 0 Å². The van der Waals surface area contributed by atoms with E-state index in [0.717, 1.165) is 36.4 Å². The summed E-state index contributed by atoms with van der Waals surface area (Å²) < 4.78 is 8.77. The summed E-state index contributed by atoms with van der Waals surface area (Å²) in [4.78, 5) is 12.2. The first-order valence-electron chi connectivity index (χ1n) is 6.16. The average Bonchev–Trinajstić information content (AvgIpc) is 2.33. The van der Waals surface area contributed by atoms with Gasteiger partial charge in [-0.15, -0.1) is 0 Å². The van der Waals surface area contributed by atoms with Gasteiger partial charge in [0.15, 0.2) is 5.75 Å². The number of halogens is 3. The Morgan fingerprint density at radius 3 is 2.42 bits per heavy atom. The fourth-order valence-electron chi connectivity index (χ4n) is 2.32. The summed E-state index contributed by atoms with van der Waals surface area (Å²) in [5.74, 6) is 0.630. The minimum atomic E-state index is -0.0922. The van der Waals surface area contributed by atoms with E-state index in [2.05, 4.69) is 73.5 Å². The summed E-state index contributed by atoms with van der Waals surface area (Å²) in [5, 5.41) is 0. The molecule has 3 N–H and O–H groups in total. The zero-order valence-corrected chi connectivity index (χ0v) is 16.8. The van der Waals surface area contributed by atoms with Gasteiger partial charge in [0.1, 0.15) is 0 Å². The zero-order chi connectivity index (χ0) is 14.0. The quantitative estimate of drug-likeness (QED) is 0.324. The molecule has 2 rings (SSSR count). The lowest BCUT2D eigenvalue weighted by Gasteiger charge is -2.23. The molecule has 1 aromatic rings. The molecule has 0 bridgehead atoms. The van der Waals surface area contributed by atoms with Gasteiger partial charge in [0.2, 0.25) is 0 Å². The van der Waals surface area contributed by atoms with E-state index in [1.165, 1.54) is 0 Å². The third-order valence-corrected chi connectivity index (χ3v) is 5.51. The van der Waals surface area contributed by atoms with Crippen LogP contribution in [0.4, 0.5) is 0 Å². The van der Waals surface area contributed by atoms with E-state index in [4.69, 9.17) is 4.74 Å². The number of carbonyl (C=O) groups excluding carboxylic acids is 1. The van der Waals surface area contributed by atoms with Crippen molar-refractivity contribution in [3.8, 4) is 5.75 Å². The van der Waals surface area contributed by atoms with E-state index in [1.807, 2.05) is 12.1 Å². The molecule has 0 saturated heterocycles. The van der Waals surface area contributed by atoms with Gasteiger partial charge in [0.25, 0.3) is 0 Å². The van der Waals surface area contributed by atoms with Gasteiger partial charge in [-0.1, -0.05) is 0 Å². The number of benzene rings is 1. The molecule has 1 aliphatic rings. The molecule has 1 aromatic carbocycles. The summed E-state index contributed by atoms with van der Waals surface area (Å²) in [7, 11) is 0. The van der Waals surface area contributed by atoms with E-state index in [-0.39, 0.29) is 11.9 Å². The van der Waals surface area contributed by atoms with Crippen LogP contribution in [0, 0.1) is 16.6 Å². The van der Waals surface area contributed by atoms with Gasteiger partial charge in [-0.05, 0) is 99.2 Å². The molecule has 19 heavy (non-hydrogen) atoms. The minimum Gasteiger partial charge on any atom is -0.424 e. The lowest BCUT2D eigenvalue weighted by molar-refractivity contribution is -0.427. The Kier molecular flexibility index (Phi) is 6.15. The molecule has 1 saturated carbocycles. The molecule has 0 aromatic heterocycles. The van der Waals surface area contributed by atoms with E-state index < -0.39 is 0 Å². The van der Waals surface area contributed by atoms with Crippen molar-refractivity contribution < 1.29 is 15.3 Å². The van der Waals surface area contributed by atoms with Crippen LogP contribution in [-0.4, -0.2) is 12.0 Å². The predicted molar refractivity (Wildman–Crippen MR) is 98.9 cm³/mol. The highest BCUT2D eigenvalue weighted by atomic mass is 127. The molecule has 2 unspecified atom stereocenters. The molecule has 0 heterocycles. The van der Waals surface area contributed by atoms with E-state index in [0.29, 0.717) is 11.8 Å². The van der Waals surface area contributed by atoms with Crippen molar-refractivity contribution in [2.75, 3.05) is 0 Å². The first-order chi connectivity index (χ1) is 8.97. The van der Waals surface area contributed by atoms with Gasteiger partial charge in [-0.3, -0.25) is 4.79 Å². The number of quaternary nitrogens is 1. The summed E-state index contributed by atoms with van der Waals surface area (Å²) in [6, 6.07) is 4.44. The van der Waals surface area contributed by atoms with Crippen molar-refractivity contribution in [1.29, 1.82) is 0 Å². The summed E-state index contributed by atoms with van der Waals surface area (Å²) in [6.07, 6.45) is 4.00. The first kappa shape index (κ1) is 16.2. The molecule has 0 aliphatic heterocycles. The number of esters is 1. The summed E-state index contributed by atoms with van der Waals surface area (Å²) >= 11 is 6.71. The highest BCUT2D eigenvalue weighted by Crippen LogP contribution is 2.31. The third-order valence-electron chi connectivity index (χ3n) is 3.28. The van der Waals surface area contributed by atoms with Crippen molar-refractivity contribution >= 4 is 73.7 Å². The molecule has 6 heteroatoms. The van der Waals surface area contributed by atoms with Gasteiger partial charge < -0.3 is 10.5 Å². The Labute approximate surface area is 153 Å². The van der Waals surface area contributed by atoms with Gasteiger partial charge in [0.05, 0.1) is 19.1 Å². The molecule has 104 valence electrons. The van der Waals surface area contributed by atoms with Crippen molar-refractivity contribution in [2.24, 2.45) is 5.92 Å². The lowest BCUT2D eigenvalue weighted by atomic mass is 9.86. The number of rotatable bonds is 2. The van der Waals surface area contributed by atoms with Crippen LogP contribution in [0.3, 0.4) is 0 Å². The van der Waals surface area contributed by atoms with E-state index in [9.17, 15) is 4.79 Å². The number of carbonyl (C=O) groups is 1. The SMILES string of the molecule is [NH3+]C1CCCC(C(=O)Oc2c(I)cc(I)cc2I)C1. The second-order valence-corrected chi connectivity index (χ2v) is 8.42. The maximum Gasteiger partial charge on any atom is 0.314 e. The van der Waals surface area contributed by atoms with Crippen LogP contribution >= 0.6 is 67.8 Å². The van der Waals surface area contributed by atoms with Crippen LogP contribution in [0.5, 0.6) is 5.75 Å². The fraction of sp³-hybridized carbons (Fsp3) is 0.462. The Bertz CT molecular complexity index is 470. The first-order valence-corrected chi connectivity index (χ1v) is 9.40. The standard InChI is InChI=1S/C13H14I3NO2/c14-8-5-10(15)12(11(16)6-8)19-13(18)7-2-1-3-9(17)4-7/h5-7,9H,1-4,17H2/p+1. The second-order valence-electron chi connectivity index (χ2n) is 4.85. The van der Waals surface area contributed by atoms with Gasteiger partial charge in [0, 0.05) is 9.99 Å². The smallest absolute Gasteiger partial charge is 0.314 e. The van der Waals surface area contributed by atoms with Crippen molar-refractivity contribution in [3.05, 3.63) is 22.8 Å². The number of hydrogen-bond acceptors (Lipinski definition) is 2. The van der Waals surface area contributed by atoms with Crippen molar-refractivity contribution in [1.82, 2.24) is 0 Å². The Hall–Kier alpha value is 0.840. The van der Waals surface area contributed by atoms with Crippen LogP contribution < -0.4 is 10.5 Å². The van der Waals surface area contributed by atoms with E-state index >= 15 is 0 Å². The fourth-order valence-corrected chi connectivity index (χ4v) is 6.12. The number of hydrogen-bond donors (Lipinski definition) is 1. The highest BCUT2D eigenvalue weighted by Gasteiger charge is 2.29. The third kappa shape index (κ3) is 4.40. The molecule has 1 aliphatic carbocycles. The molecular weight excluding hydrogens is 583 g/mol. The average molecular weight is 598 g/mol. The Balaban J connectivity index is 2.10. The zero-order valence-electron chi connectivity index (χ0n) is 10.3. The van der Waals surface area contributed by atoms with Crippen LogP contribution in [0.1, 0.15) is 25.7 Å². The van der Waals surface area contributed by atoms with Gasteiger partial charge in [-0.25, -0.2) is 0 Å². The maximum absolute atomic E-state index is 12.2. The highest BCUT2D eigenvalue weighted by molar-refractivity contribution is 14.1. The molecule has 0 amide bonds. The Morgan fingerprint density at radius 2 is 1.84 bits per heavy atom. The molecule has 2 atom stereocenters. The van der Waals surface area contributed by atoms with Crippen molar-refractivity contribution in [2.45, 2.75) is 31.7 Å².